The standard InChI is InChI=1S/C17H27N5S/c1-17(2,3)15-11-23-16(20-15)10-14-4-6-21(7-5-14)8-9-22-13-18-12-19-22/h11-14H,4-10H2,1-3H3. The first-order chi connectivity index (χ1) is 11.0. The minimum atomic E-state index is 0.166. The summed E-state index contributed by atoms with van der Waals surface area (Å²) in [7, 11) is 0. The van der Waals surface area contributed by atoms with Gasteiger partial charge in [-0.3, -0.25) is 4.68 Å². The second kappa shape index (κ2) is 7.09. The Kier molecular flexibility index (Phi) is 5.11. The molecule has 0 radical (unpaired) electrons. The lowest BCUT2D eigenvalue weighted by molar-refractivity contribution is 0.176. The number of thiazole rings is 1. The summed E-state index contributed by atoms with van der Waals surface area (Å²) >= 11 is 1.84. The lowest BCUT2D eigenvalue weighted by atomic mass is 9.92. The lowest BCUT2D eigenvalue weighted by Crippen LogP contribution is -2.36. The first-order valence-corrected chi connectivity index (χ1v) is 9.38. The second-order valence-electron chi connectivity index (χ2n) is 7.52. The van der Waals surface area contributed by atoms with Crippen LogP contribution in [0.15, 0.2) is 18.0 Å². The topological polar surface area (TPSA) is 46.8 Å². The van der Waals surface area contributed by atoms with Gasteiger partial charge in [-0.1, -0.05) is 20.8 Å². The van der Waals surface area contributed by atoms with Crippen molar-refractivity contribution < 1.29 is 0 Å². The molecule has 0 amide bonds. The maximum atomic E-state index is 4.85. The van der Waals surface area contributed by atoms with Crippen molar-refractivity contribution in [1.29, 1.82) is 0 Å². The second-order valence-corrected chi connectivity index (χ2v) is 8.47. The Morgan fingerprint density at radius 1 is 1.22 bits per heavy atom. The molecule has 5 nitrogen and oxygen atoms in total. The van der Waals surface area contributed by atoms with Gasteiger partial charge in [-0.05, 0) is 31.8 Å². The van der Waals surface area contributed by atoms with E-state index in [2.05, 4.69) is 41.1 Å². The van der Waals surface area contributed by atoms with Gasteiger partial charge in [0.05, 0.1) is 17.2 Å². The molecule has 0 saturated carbocycles. The van der Waals surface area contributed by atoms with E-state index < -0.39 is 0 Å². The van der Waals surface area contributed by atoms with Crippen LogP contribution < -0.4 is 0 Å². The van der Waals surface area contributed by atoms with E-state index in [9.17, 15) is 0 Å². The monoisotopic (exact) mass is 333 g/mol. The average molecular weight is 334 g/mol. The minimum absolute atomic E-state index is 0.166. The smallest absolute Gasteiger partial charge is 0.137 e. The van der Waals surface area contributed by atoms with E-state index in [0.717, 1.165) is 25.4 Å². The SMILES string of the molecule is CC(C)(C)c1csc(CC2CCN(CCn3cncn3)CC2)n1. The van der Waals surface area contributed by atoms with E-state index in [1.165, 1.54) is 36.6 Å². The van der Waals surface area contributed by atoms with Crippen LogP contribution >= 0.6 is 11.3 Å². The van der Waals surface area contributed by atoms with E-state index in [-0.39, 0.29) is 5.41 Å². The van der Waals surface area contributed by atoms with Crippen molar-refractivity contribution in [2.24, 2.45) is 5.92 Å². The number of piperidine rings is 1. The average Bonchev–Trinajstić information content (AvgIpc) is 3.17. The zero-order valence-corrected chi connectivity index (χ0v) is 15.2. The molecule has 23 heavy (non-hydrogen) atoms. The summed E-state index contributed by atoms with van der Waals surface area (Å²) < 4.78 is 1.91. The zero-order valence-electron chi connectivity index (χ0n) is 14.4. The Morgan fingerprint density at radius 3 is 2.61 bits per heavy atom. The van der Waals surface area contributed by atoms with Gasteiger partial charge in [0.15, 0.2) is 0 Å². The Bertz CT molecular complexity index is 591. The molecule has 6 heteroatoms. The summed E-state index contributed by atoms with van der Waals surface area (Å²) in [6, 6.07) is 0. The van der Waals surface area contributed by atoms with E-state index >= 15 is 0 Å². The van der Waals surface area contributed by atoms with Crippen molar-refractivity contribution in [1.82, 2.24) is 24.6 Å². The van der Waals surface area contributed by atoms with Crippen LogP contribution in [0.4, 0.5) is 0 Å². The minimum Gasteiger partial charge on any atom is -0.301 e. The van der Waals surface area contributed by atoms with Crippen molar-refractivity contribution in [2.45, 2.75) is 52.0 Å². The molecule has 3 rings (SSSR count). The van der Waals surface area contributed by atoms with Gasteiger partial charge in [0.25, 0.3) is 0 Å². The van der Waals surface area contributed by atoms with Crippen LogP contribution in [-0.4, -0.2) is 44.3 Å². The molecule has 0 unspecified atom stereocenters. The summed E-state index contributed by atoms with van der Waals surface area (Å²) in [5, 5.41) is 7.72. The third kappa shape index (κ3) is 4.61. The summed E-state index contributed by atoms with van der Waals surface area (Å²) in [6.45, 7) is 11.1. The van der Waals surface area contributed by atoms with E-state index in [1.54, 1.807) is 12.7 Å². The fourth-order valence-corrected chi connectivity index (χ4v) is 4.14. The molecule has 3 heterocycles. The highest BCUT2D eigenvalue weighted by atomic mass is 32.1. The molecule has 1 saturated heterocycles. The normalized spacial score (nSPS) is 17.7. The predicted molar refractivity (Wildman–Crippen MR) is 93.7 cm³/mol. The van der Waals surface area contributed by atoms with Crippen molar-refractivity contribution in [2.75, 3.05) is 19.6 Å². The van der Waals surface area contributed by atoms with Crippen LogP contribution in [0.25, 0.3) is 0 Å². The summed E-state index contributed by atoms with van der Waals surface area (Å²) in [5.74, 6) is 0.789. The molecule has 0 bridgehead atoms. The molecule has 0 N–H and O–H groups in total. The number of hydrogen-bond donors (Lipinski definition) is 0. The van der Waals surface area contributed by atoms with Crippen molar-refractivity contribution in [3.05, 3.63) is 28.7 Å². The van der Waals surface area contributed by atoms with Crippen molar-refractivity contribution in [3.63, 3.8) is 0 Å². The number of hydrogen-bond acceptors (Lipinski definition) is 5. The van der Waals surface area contributed by atoms with Gasteiger partial charge in [-0.25, -0.2) is 9.97 Å². The molecule has 126 valence electrons. The number of likely N-dealkylation sites (tertiary alicyclic amines) is 1. The van der Waals surface area contributed by atoms with Gasteiger partial charge in [0.1, 0.15) is 12.7 Å². The highest BCUT2D eigenvalue weighted by Gasteiger charge is 2.22. The van der Waals surface area contributed by atoms with Crippen molar-refractivity contribution >= 4 is 11.3 Å². The molecule has 0 aromatic carbocycles. The van der Waals surface area contributed by atoms with Crippen LogP contribution in [0, 0.1) is 5.92 Å². The third-order valence-electron chi connectivity index (χ3n) is 4.60. The molecule has 2 aromatic rings. The third-order valence-corrected chi connectivity index (χ3v) is 5.47. The van der Waals surface area contributed by atoms with Crippen LogP contribution in [0.5, 0.6) is 0 Å². The van der Waals surface area contributed by atoms with Gasteiger partial charge in [0.2, 0.25) is 0 Å². The van der Waals surface area contributed by atoms with Gasteiger partial charge in [0, 0.05) is 23.8 Å². The summed E-state index contributed by atoms with van der Waals surface area (Å²) in [4.78, 5) is 11.4. The van der Waals surface area contributed by atoms with E-state index in [1.807, 2.05) is 16.0 Å². The lowest BCUT2D eigenvalue weighted by Gasteiger charge is -2.31. The largest absolute Gasteiger partial charge is 0.301 e. The highest BCUT2D eigenvalue weighted by Crippen LogP contribution is 2.27. The summed E-state index contributed by atoms with van der Waals surface area (Å²) in [6.07, 6.45) is 7.11. The Hall–Kier alpha value is -1.27. The van der Waals surface area contributed by atoms with E-state index in [0.29, 0.717) is 0 Å². The number of rotatable bonds is 5. The first-order valence-electron chi connectivity index (χ1n) is 8.50. The number of aromatic nitrogens is 4. The molecule has 0 aliphatic carbocycles. The molecule has 1 fully saturated rings. The Morgan fingerprint density at radius 2 is 2.00 bits per heavy atom. The van der Waals surface area contributed by atoms with Crippen LogP contribution in [0.3, 0.4) is 0 Å². The van der Waals surface area contributed by atoms with Gasteiger partial charge < -0.3 is 4.90 Å². The molecular formula is C17H27N5S. The zero-order chi connectivity index (χ0) is 16.3. The van der Waals surface area contributed by atoms with Gasteiger partial charge in [-0.2, -0.15) is 5.10 Å². The van der Waals surface area contributed by atoms with E-state index in [4.69, 9.17) is 4.98 Å². The Labute approximate surface area is 142 Å². The molecular weight excluding hydrogens is 306 g/mol. The molecule has 0 spiro atoms. The molecule has 1 aliphatic heterocycles. The van der Waals surface area contributed by atoms with Crippen LogP contribution in [0.1, 0.15) is 44.3 Å². The first kappa shape index (κ1) is 16.6. The van der Waals surface area contributed by atoms with Gasteiger partial charge >= 0.3 is 0 Å². The predicted octanol–water partition coefficient (Wildman–Crippen LogP) is 2.99. The quantitative estimate of drug-likeness (QED) is 0.844. The van der Waals surface area contributed by atoms with Crippen LogP contribution in [-0.2, 0) is 18.4 Å². The summed E-state index contributed by atoms with van der Waals surface area (Å²) in [5.41, 5.74) is 1.40. The van der Waals surface area contributed by atoms with Crippen molar-refractivity contribution in [3.8, 4) is 0 Å². The molecule has 1 aliphatic rings. The maximum Gasteiger partial charge on any atom is 0.137 e. The molecule has 0 atom stereocenters. The fraction of sp³-hybridized carbons (Fsp3) is 0.706. The fourth-order valence-electron chi connectivity index (χ4n) is 3.00. The Balaban J connectivity index is 1.43. The van der Waals surface area contributed by atoms with Crippen LogP contribution in [0.2, 0.25) is 0 Å². The van der Waals surface area contributed by atoms with Gasteiger partial charge in [-0.15, -0.1) is 11.3 Å². The highest BCUT2D eigenvalue weighted by molar-refractivity contribution is 7.09. The number of nitrogens with zero attached hydrogens (tertiary/aromatic N) is 5. The molecule has 2 aromatic heterocycles. The maximum absolute atomic E-state index is 4.85.